The highest BCUT2D eigenvalue weighted by Gasteiger charge is 2.39. The summed E-state index contributed by atoms with van der Waals surface area (Å²) in [5.41, 5.74) is 5.93. The predicted octanol–water partition coefficient (Wildman–Crippen LogP) is -1.53. The maximum atomic E-state index is 12.5. The molecule has 2 atom stereocenters. The first-order valence-electron chi connectivity index (χ1n) is 7.11. The lowest BCUT2D eigenvalue weighted by Crippen LogP contribution is -2.48. The van der Waals surface area contributed by atoms with Crippen molar-refractivity contribution in [2.75, 3.05) is 19.6 Å². The first-order valence-corrected chi connectivity index (χ1v) is 7.11. The van der Waals surface area contributed by atoms with E-state index in [2.05, 4.69) is 15.4 Å². The van der Waals surface area contributed by atoms with Crippen LogP contribution in [0.3, 0.4) is 0 Å². The van der Waals surface area contributed by atoms with Crippen LogP contribution >= 0.6 is 0 Å². The molecule has 116 valence electrons. The topological polar surface area (TPSA) is 110 Å². The lowest BCUT2D eigenvalue weighted by atomic mass is 10.1. The van der Waals surface area contributed by atoms with Gasteiger partial charge in [-0.25, -0.2) is 0 Å². The van der Waals surface area contributed by atoms with Crippen molar-refractivity contribution in [3.8, 4) is 0 Å². The lowest BCUT2D eigenvalue weighted by Gasteiger charge is -2.28. The van der Waals surface area contributed by atoms with E-state index in [0.29, 0.717) is 26.1 Å². The van der Waals surface area contributed by atoms with E-state index in [9.17, 15) is 9.59 Å². The Kier molecular flexibility index (Phi) is 4.84. The van der Waals surface area contributed by atoms with E-state index >= 15 is 0 Å². The Balaban J connectivity index is 2.09. The smallest absolute Gasteiger partial charge is 0.246 e. The molecule has 0 aromatic carbocycles. The predicted molar refractivity (Wildman–Crippen MR) is 73.8 cm³/mol. The van der Waals surface area contributed by atoms with Crippen molar-refractivity contribution in [2.45, 2.75) is 38.9 Å². The number of nitrogens with zero attached hydrogens (tertiary/aromatic N) is 6. The standard InChI is InChI=1S/C12H21N7O2/c1-3-17(4-2)12(21)10-5-9(13)6-18(10)11(20)7-19-15-8-14-16-19/h8-10H,3-7,13H2,1-2H3/t9-,10+/m1/s1. The van der Waals surface area contributed by atoms with Crippen molar-refractivity contribution >= 4 is 11.8 Å². The molecule has 1 aliphatic rings. The molecule has 2 heterocycles. The van der Waals surface area contributed by atoms with Gasteiger partial charge in [-0.05, 0) is 25.5 Å². The van der Waals surface area contributed by atoms with Gasteiger partial charge in [-0.3, -0.25) is 9.59 Å². The minimum atomic E-state index is -0.490. The molecule has 0 radical (unpaired) electrons. The van der Waals surface area contributed by atoms with Gasteiger partial charge in [0.2, 0.25) is 11.8 Å². The van der Waals surface area contributed by atoms with Crippen molar-refractivity contribution in [2.24, 2.45) is 5.73 Å². The van der Waals surface area contributed by atoms with Crippen molar-refractivity contribution in [3.05, 3.63) is 6.33 Å². The summed E-state index contributed by atoms with van der Waals surface area (Å²) in [4.78, 5) is 29.3. The summed E-state index contributed by atoms with van der Waals surface area (Å²) in [7, 11) is 0. The average Bonchev–Trinajstić information content (AvgIpc) is 3.09. The van der Waals surface area contributed by atoms with Gasteiger partial charge in [-0.2, -0.15) is 4.80 Å². The Morgan fingerprint density at radius 3 is 2.67 bits per heavy atom. The number of carbonyl (C=O) groups excluding carboxylic acids is 2. The van der Waals surface area contributed by atoms with Gasteiger partial charge in [0.05, 0.1) is 0 Å². The first-order chi connectivity index (χ1) is 10.1. The molecular weight excluding hydrogens is 274 g/mol. The fourth-order valence-corrected chi connectivity index (χ4v) is 2.60. The number of likely N-dealkylation sites (N-methyl/N-ethyl adjacent to an activating group) is 1. The molecule has 1 aromatic rings. The molecule has 9 heteroatoms. The number of tetrazole rings is 1. The molecule has 1 fully saturated rings. The number of aromatic nitrogens is 4. The van der Waals surface area contributed by atoms with Gasteiger partial charge in [0.25, 0.3) is 0 Å². The monoisotopic (exact) mass is 295 g/mol. The number of carbonyl (C=O) groups is 2. The largest absolute Gasteiger partial charge is 0.341 e. The zero-order chi connectivity index (χ0) is 15.4. The number of hydrogen-bond donors (Lipinski definition) is 1. The summed E-state index contributed by atoms with van der Waals surface area (Å²) in [5.74, 6) is -0.265. The third kappa shape index (κ3) is 3.35. The SMILES string of the molecule is CCN(CC)C(=O)[C@@H]1C[C@@H](N)CN1C(=O)Cn1ncnn1. The maximum Gasteiger partial charge on any atom is 0.246 e. The van der Waals surface area contributed by atoms with Gasteiger partial charge in [0, 0.05) is 25.7 Å². The average molecular weight is 295 g/mol. The van der Waals surface area contributed by atoms with E-state index in [1.54, 1.807) is 4.90 Å². The van der Waals surface area contributed by atoms with Gasteiger partial charge < -0.3 is 15.5 Å². The quantitative estimate of drug-likeness (QED) is 0.705. The number of hydrogen-bond acceptors (Lipinski definition) is 6. The second-order valence-electron chi connectivity index (χ2n) is 5.03. The van der Waals surface area contributed by atoms with Crippen LogP contribution in [0, 0.1) is 0 Å². The van der Waals surface area contributed by atoms with Gasteiger partial charge in [-0.15, -0.1) is 10.2 Å². The Labute approximate surface area is 123 Å². The van der Waals surface area contributed by atoms with Crippen LogP contribution in [0.2, 0.25) is 0 Å². The maximum absolute atomic E-state index is 12.5. The first kappa shape index (κ1) is 15.4. The van der Waals surface area contributed by atoms with Crippen LogP contribution in [-0.4, -0.2) is 73.5 Å². The van der Waals surface area contributed by atoms with Gasteiger partial charge in [0.15, 0.2) is 6.33 Å². The summed E-state index contributed by atoms with van der Waals surface area (Å²) >= 11 is 0. The van der Waals surface area contributed by atoms with Gasteiger partial charge >= 0.3 is 0 Å². The second-order valence-corrected chi connectivity index (χ2v) is 5.03. The molecule has 1 saturated heterocycles. The number of nitrogens with two attached hydrogens (primary N) is 1. The summed E-state index contributed by atoms with van der Waals surface area (Å²) in [6.07, 6.45) is 1.76. The molecule has 0 saturated carbocycles. The summed E-state index contributed by atoms with van der Waals surface area (Å²) in [6, 6.07) is -0.668. The Hall–Kier alpha value is -2.03. The van der Waals surface area contributed by atoms with Crippen LogP contribution in [-0.2, 0) is 16.1 Å². The number of likely N-dealkylation sites (tertiary alicyclic amines) is 1. The molecular formula is C12H21N7O2. The minimum Gasteiger partial charge on any atom is -0.341 e. The van der Waals surface area contributed by atoms with Crippen LogP contribution in [0.15, 0.2) is 6.33 Å². The van der Waals surface area contributed by atoms with Crippen molar-refractivity contribution in [3.63, 3.8) is 0 Å². The van der Waals surface area contributed by atoms with Crippen LogP contribution in [0.4, 0.5) is 0 Å². The van der Waals surface area contributed by atoms with E-state index in [0.717, 1.165) is 0 Å². The molecule has 2 N–H and O–H groups in total. The number of amides is 2. The van der Waals surface area contributed by atoms with Crippen LogP contribution in [0.1, 0.15) is 20.3 Å². The zero-order valence-electron chi connectivity index (χ0n) is 12.3. The van der Waals surface area contributed by atoms with Crippen molar-refractivity contribution < 1.29 is 9.59 Å². The highest BCUT2D eigenvalue weighted by molar-refractivity contribution is 5.88. The lowest BCUT2D eigenvalue weighted by molar-refractivity contribution is -0.144. The molecule has 1 aromatic heterocycles. The van der Waals surface area contributed by atoms with E-state index in [4.69, 9.17) is 5.73 Å². The van der Waals surface area contributed by atoms with E-state index in [1.165, 1.54) is 16.0 Å². The van der Waals surface area contributed by atoms with Crippen molar-refractivity contribution in [1.82, 2.24) is 30.0 Å². The highest BCUT2D eigenvalue weighted by atomic mass is 16.2. The van der Waals surface area contributed by atoms with E-state index in [-0.39, 0.29) is 24.4 Å². The van der Waals surface area contributed by atoms with E-state index < -0.39 is 6.04 Å². The Bertz CT molecular complexity index is 486. The highest BCUT2D eigenvalue weighted by Crippen LogP contribution is 2.19. The van der Waals surface area contributed by atoms with E-state index in [1.807, 2.05) is 13.8 Å². The fourth-order valence-electron chi connectivity index (χ4n) is 2.60. The third-order valence-electron chi connectivity index (χ3n) is 3.68. The third-order valence-corrected chi connectivity index (χ3v) is 3.68. The Morgan fingerprint density at radius 2 is 2.10 bits per heavy atom. The fraction of sp³-hybridized carbons (Fsp3) is 0.750. The summed E-state index contributed by atoms with van der Waals surface area (Å²) in [6.45, 7) is 5.42. The molecule has 0 unspecified atom stereocenters. The van der Waals surface area contributed by atoms with Crippen LogP contribution < -0.4 is 5.73 Å². The van der Waals surface area contributed by atoms with Gasteiger partial charge in [-0.1, -0.05) is 0 Å². The number of rotatable bonds is 5. The molecule has 0 aliphatic carbocycles. The molecule has 2 rings (SSSR count). The molecule has 0 spiro atoms. The molecule has 0 bridgehead atoms. The Morgan fingerprint density at radius 1 is 1.38 bits per heavy atom. The van der Waals surface area contributed by atoms with Crippen LogP contribution in [0.5, 0.6) is 0 Å². The van der Waals surface area contributed by atoms with Gasteiger partial charge in [0.1, 0.15) is 12.6 Å². The molecule has 1 aliphatic heterocycles. The zero-order valence-corrected chi connectivity index (χ0v) is 12.3. The molecule has 2 amide bonds. The minimum absolute atomic E-state index is 0.0330. The second kappa shape index (κ2) is 6.61. The molecule has 9 nitrogen and oxygen atoms in total. The van der Waals surface area contributed by atoms with Crippen LogP contribution in [0.25, 0.3) is 0 Å². The normalized spacial score (nSPS) is 21.6. The molecule has 21 heavy (non-hydrogen) atoms. The summed E-state index contributed by atoms with van der Waals surface area (Å²) < 4.78 is 0. The summed E-state index contributed by atoms with van der Waals surface area (Å²) in [5, 5.41) is 11.0. The van der Waals surface area contributed by atoms with Crippen molar-refractivity contribution in [1.29, 1.82) is 0 Å².